The first-order valence-electron chi connectivity index (χ1n) is 13.5. The maximum atomic E-state index is 13.4. The van der Waals surface area contributed by atoms with Gasteiger partial charge in [0, 0.05) is 18.9 Å². The minimum Gasteiger partial charge on any atom is -0.504 e. The molecule has 0 saturated heterocycles. The lowest BCUT2D eigenvalue weighted by atomic mass is 10.1. The van der Waals surface area contributed by atoms with Crippen LogP contribution in [0.25, 0.3) is 6.08 Å². The van der Waals surface area contributed by atoms with Gasteiger partial charge in [-0.25, -0.2) is 24.0 Å². The third kappa shape index (κ3) is 9.75. The number of aliphatic hydroxyl groups is 1. The second-order valence-electron chi connectivity index (χ2n) is 9.97. The van der Waals surface area contributed by atoms with Crippen molar-refractivity contribution in [2.45, 2.75) is 37.3 Å². The number of aliphatic carboxylic acids is 2. The highest BCUT2D eigenvalue weighted by atomic mass is 16.6. The van der Waals surface area contributed by atoms with Crippen molar-refractivity contribution in [3.8, 4) is 34.5 Å². The molecule has 4 unspecified atom stereocenters. The molecule has 9 N–H and O–H groups in total. The summed E-state index contributed by atoms with van der Waals surface area (Å²) >= 11 is 0. The Balaban J connectivity index is 1.94. The molecule has 3 aromatic rings. The Morgan fingerprint density at radius 1 is 0.583 bits per heavy atom. The van der Waals surface area contributed by atoms with Gasteiger partial charge in [-0.05, 0) is 59.2 Å². The molecule has 3 rings (SSSR count). The Hall–Kier alpha value is -6.49. The van der Waals surface area contributed by atoms with Crippen LogP contribution in [-0.2, 0) is 51.0 Å². The molecule has 3 aromatic carbocycles. The second-order valence-corrected chi connectivity index (χ2v) is 9.97. The van der Waals surface area contributed by atoms with Gasteiger partial charge in [0.05, 0.1) is 0 Å². The molecule has 0 amide bonds. The molecule has 0 fully saturated rings. The van der Waals surface area contributed by atoms with Crippen molar-refractivity contribution >= 4 is 35.9 Å². The van der Waals surface area contributed by atoms with E-state index in [0.717, 1.165) is 48.6 Å². The zero-order valence-electron chi connectivity index (χ0n) is 24.4. The highest BCUT2D eigenvalue weighted by Gasteiger charge is 2.39. The predicted octanol–water partition coefficient (Wildman–Crippen LogP) is 0.684. The number of ether oxygens (including phenoxy) is 3. The SMILES string of the molecule is O=C(/C=C/c1ccc(O)c(O)c1)OC(Cc1ccc(O)c(O)c1)C(=O)OC(Cc1ccc(O)c(O)c1)C(=O)OC(C(=O)O)C(O)C(=O)O. The summed E-state index contributed by atoms with van der Waals surface area (Å²) in [4.78, 5) is 61.9. The summed E-state index contributed by atoms with van der Waals surface area (Å²) in [6, 6.07) is 10.0. The fourth-order valence-corrected chi connectivity index (χ4v) is 3.95. The summed E-state index contributed by atoms with van der Waals surface area (Å²) in [5, 5.41) is 86.2. The van der Waals surface area contributed by atoms with E-state index in [0.29, 0.717) is 0 Å². The first-order valence-corrected chi connectivity index (χ1v) is 13.5. The monoisotopic (exact) mass is 672 g/mol. The third-order valence-corrected chi connectivity index (χ3v) is 6.40. The third-order valence-electron chi connectivity index (χ3n) is 6.40. The Morgan fingerprint density at radius 2 is 1.04 bits per heavy atom. The highest BCUT2D eigenvalue weighted by Crippen LogP contribution is 2.28. The van der Waals surface area contributed by atoms with Crippen LogP contribution in [0.15, 0.2) is 60.7 Å². The maximum absolute atomic E-state index is 13.4. The van der Waals surface area contributed by atoms with Gasteiger partial charge >= 0.3 is 29.8 Å². The van der Waals surface area contributed by atoms with Crippen molar-refractivity contribution in [2.24, 2.45) is 0 Å². The van der Waals surface area contributed by atoms with Gasteiger partial charge in [-0.2, -0.15) is 0 Å². The molecule has 0 spiro atoms. The summed E-state index contributed by atoms with van der Waals surface area (Å²) in [5.41, 5.74) is 0.328. The van der Waals surface area contributed by atoms with E-state index < -0.39 is 102 Å². The zero-order chi connectivity index (χ0) is 35.7. The molecule has 0 aromatic heterocycles. The average molecular weight is 673 g/mol. The number of hydrogen-bond donors (Lipinski definition) is 9. The largest absolute Gasteiger partial charge is 0.504 e. The van der Waals surface area contributed by atoms with Crippen molar-refractivity contribution in [2.75, 3.05) is 0 Å². The standard InChI is InChI=1S/C31H28O17/c32-17-5-1-14(9-20(17)35)4-8-25(38)46-23(12-15-2-6-18(33)21(36)10-15)30(44)47-24(13-16-3-7-19(34)22(37)11-16)31(45)48-27(29(42)43)26(39)28(40)41/h1-11,23-24,26-27,32-37,39H,12-13H2,(H,40,41)(H,42,43)/b8-4+. The number of carbonyl (C=O) groups is 5. The molecule has 0 heterocycles. The average Bonchev–Trinajstić information content (AvgIpc) is 3.02. The molecule has 17 heteroatoms. The van der Waals surface area contributed by atoms with E-state index in [4.69, 9.17) is 14.6 Å². The summed E-state index contributed by atoms with van der Waals surface area (Å²) < 4.78 is 15.1. The predicted molar refractivity (Wildman–Crippen MR) is 157 cm³/mol. The molecule has 0 aliphatic rings. The van der Waals surface area contributed by atoms with Crippen molar-refractivity contribution in [3.05, 3.63) is 77.4 Å². The second kappa shape index (κ2) is 15.7. The van der Waals surface area contributed by atoms with E-state index in [1.165, 1.54) is 18.2 Å². The smallest absolute Gasteiger partial charge is 0.348 e. The van der Waals surface area contributed by atoms with Crippen molar-refractivity contribution in [3.63, 3.8) is 0 Å². The van der Waals surface area contributed by atoms with Crippen LogP contribution < -0.4 is 0 Å². The lowest BCUT2D eigenvalue weighted by molar-refractivity contribution is -0.189. The van der Waals surface area contributed by atoms with Crippen molar-refractivity contribution in [1.29, 1.82) is 0 Å². The normalized spacial score (nSPS) is 13.5. The van der Waals surface area contributed by atoms with Crippen LogP contribution in [0.4, 0.5) is 0 Å². The number of benzene rings is 3. The van der Waals surface area contributed by atoms with Crippen molar-refractivity contribution < 1.29 is 84.1 Å². The number of carbonyl (C=O) groups excluding carboxylic acids is 3. The van der Waals surface area contributed by atoms with E-state index in [1.807, 2.05) is 0 Å². The lowest BCUT2D eigenvalue weighted by Gasteiger charge is -2.23. The Labute approximate surface area is 269 Å². The van der Waals surface area contributed by atoms with Crippen LogP contribution in [0.3, 0.4) is 0 Å². The number of esters is 3. The Kier molecular flexibility index (Phi) is 11.8. The van der Waals surface area contributed by atoms with E-state index >= 15 is 0 Å². The van der Waals surface area contributed by atoms with Gasteiger partial charge < -0.3 is 60.2 Å². The van der Waals surface area contributed by atoms with Gasteiger partial charge in [-0.1, -0.05) is 18.2 Å². The number of rotatable bonds is 14. The first-order chi connectivity index (χ1) is 22.5. The number of carboxylic acid groups (broad SMARTS) is 2. The van der Waals surface area contributed by atoms with Gasteiger partial charge in [0.15, 0.2) is 40.6 Å². The summed E-state index contributed by atoms with van der Waals surface area (Å²) in [6.45, 7) is 0. The van der Waals surface area contributed by atoms with E-state index in [2.05, 4.69) is 4.74 Å². The van der Waals surface area contributed by atoms with Crippen LogP contribution in [-0.4, -0.2) is 100 Å². The molecule has 0 bridgehead atoms. The molecule has 0 radical (unpaired) electrons. The Bertz CT molecular complexity index is 1730. The van der Waals surface area contributed by atoms with Gasteiger partial charge in [-0.15, -0.1) is 0 Å². The van der Waals surface area contributed by atoms with Gasteiger partial charge in [-0.3, -0.25) is 0 Å². The molecule has 4 atom stereocenters. The summed E-state index contributed by atoms with van der Waals surface area (Å²) in [5.74, 6) is -11.7. The minimum absolute atomic E-state index is 0.00259. The zero-order valence-corrected chi connectivity index (χ0v) is 24.4. The molecular weight excluding hydrogens is 644 g/mol. The molecule has 254 valence electrons. The van der Waals surface area contributed by atoms with Gasteiger partial charge in [0.1, 0.15) is 0 Å². The minimum atomic E-state index is -2.74. The first kappa shape index (κ1) is 36.0. The van der Waals surface area contributed by atoms with E-state index in [9.17, 15) is 64.8 Å². The number of hydrogen-bond acceptors (Lipinski definition) is 15. The maximum Gasteiger partial charge on any atom is 0.348 e. The quantitative estimate of drug-likeness (QED) is 0.0492. The molecule has 48 heavy (non-hydrogen) atoms. The number of phenols is 6. The summed E-state index contributed by atoms with van der Waals surface area (Å²) in [7, 11) is 0. The van der Waals surface area contributed by atoms with Crippen LogP contribution in [0.5, 0.6) is 34.5 Å². The molecule has 0 aliphatic carbocycles. The molecule has 0 aliphatic heterocycles. The fraction of sp³-hybridized carbons (Fsp3) is 0.194. The molecular formula is C31H28O17. The number of carboxylic acids is 2. The molecule has 17 nitrogen and oxygen atoms in total. The van der Waals surface area contributed by atoms with Crippen molar-refractivity contribution in [1.82, 2.24) is 0 Å². The number of aromatic hydroxyl groups is 6. The van der Waals surface area contributed by atoms with Crippen LogP contribution in [0, 0.1) is 0 Å². The highest BCUT2D eigenvalue weighted by molar-refractivity contribution is 5.91. The number of aliphatic hydroxyl groups excluding tert-OH is 1. The van der Waals surface area contributed by atoms with Gasteiger partial charge in [0.25, 0.3) is 0 Å². The summed E-state index contributed by atoms with van der Waals surface area (Å²) in [6.07, 6.45) is -8.69. The molecule has 0 saturated carbocycles. The van der Waals surface area contributed by atoms with Crippen LogP contribution >= 0.6 is 0 Å². The van der Waals surface area contributed by atoms with E-state index in [1.54, 1.807) is 0 Å². The van der Waals surface area contributed by atoms with Crippen LogP contribution in [0.2, 0.25) is 0 Å². The van der Waals surface area contributed by atoms with E-state index in [-0.39, 0.29) is 16.7 Å². The fourth-order valence-electron chi connectivity index (χ4n) is 3.95. The lowest BCUT2D eigenvalue weighted by Crippen LogP contribution is -2.46. The van der Waals surface area contributed by atoms with Gasteiger partial charge in [0.2, 0.25) is 18.3 Å². The topological polar surface area (TPSA) is 295 Å². The van der Waals surface area contributed by atoms with Crippen LogP contribution in [0.1, 0.15) is 16.7 Å². The Morgan fingerprint density at radius 3 is 1.50 bits per heavy atom. The number of phenolic OH excluding ortho intramolecular Hbond substituents is 6.